The Kier molecular flexibility index (Phi) is 2.95. The van der Waals surface area contributed by atoms with Crippen LogP contribution in [0.5, 0.6) is 0 Å². The highest BCUT2D eigenvalue weighted by Crippen LogP contribution is 1.82. The van der Waals surface area contributed by atoms with Crippen molar-refractivity contribution >= 4 is 5.96 Å². The molecule has 0 bridgehead atoms. The largest absolute Gasteiger partial charge is 0.394 e. The summed E-state index contributed by atoms with van der Waals surface area (Å²) >= 11 is 0. The molecule has 5 N–H and O–H groups in total. The molecule has 0 amide bonds. The van der Waals surface area contributed by atoms with E-state index < -0.39 is 0 Å². The van der Waals surface area contributed by atoms with Crippen molar-refractivity contribution in [2.24, 2.45) is 16.5 Å². The number of hydrogen-bond donors (Lipinski definition) is 3. The summed E-state index contributed by atoms with van der Waals surface area (Å²) in [6.45, 7) is 1.71. The lowest BCUT2D eigenvalue weighted by atomic mass is 10.4. The van der Waals surface area contributed by atoms with Crippen LogP contribution < -0.4 is 11.5 Å². The summed E-state index contributed by atoms with van der Waals surface area (Å²) < 4.78 is 0. The van der Waals surface area contributed by atoms with Crippen LogP contribution in [0.3, 0.4) is 0 Å². The lowest BCUT2D eigenvalue weighted by Gasteiger charge is -1.98. The van der Waals surface area contributed by atoms with Gasteiger partial charge in [-0.05, 0) is 6.92 Å². The lowest BCUT2D eigenvalue weighted by Crippen LogP contribution is -2.25. The molecule has 1 atom stereocenters. The third-order valence-corrected chi connectivity index (χ3v) is 0.634. The molecule has 0 spiro atoms. The standard InChI is InChI=1S/C4H11N3O/c1-3(2-8)7-4(5)6/h3,8H,2H2,1H3,(H4,5,6,7)/t3-/m1/s1. The van der Waals surface area contributed by atoms with Crippen LogP contribution in [0.4, 0.5) is 0 Å². The van der Waals surface area contributed by atoms with Gasteiger partial charge in [0, 0.05) is 0 Å². The Hall–Kier alpha value is -0.770. The topological polar surface area (TPSA) is 84.6 Å². The van der Waals surface area contributed by atoms with Crippen molar-refractivity contribution in [3.05, 3.63) is 0 Å². The average Bonchev–Trinajstić information content (AvgIpc) is 1.65. The molecule has 0 aliphatic carbocycles. The lowest BCUT2D eigenvalue weighted by molar-refractivity contribution is 0.274. The van der Waals surface area contributed by atoms with E-state index in [1.165, 1.54) is 0 Å². The van der Waals surface area contributed by atoms with Gasteiger partial charge in [0.1, 0.15) is 0 Å². The van der Waals surface area contributed by atoms with E-state index in [0.29, 0.717) is 0 Å². The predicted molar refractivity (Wildman–Crippen MR) is 32.4 cm³/mol. The first-order valence-corrected chi connectivity index (χ1v) is 2.36. The van der Waals surface area contributed by atoms with Gasteiger partial charge in [0.15, 0.2) is 5.96 Å². The van der Waals surface area contributed by atoms with Gasteiger partial charge in [-0.1, -0.05) is 0 Å². The molecule has 4 nitrogen and oxygen atoms in total. The van der Waals surface area contributed by atoms with E-state index >= 15 is 0 Å². The highest BCUT2D eigenvalue weighted by atomic mass is 16.3. The summed E-state index contributed by atoms with van der Waals surface area (Å²) in [4.78, 5) is 3.62. The monoisotopic (exact) mass is 117 g/mol. The Bertz CT molecular complexity index is 87.3. The van der Waals surface area contributed by atoms with Gasteiger partial charge in [-0.15, -0.1) is 0 Å². The molecule has 48 valence electrons. The summed E-state index contributed by atoms with van der Waals surface area (Å²) in [5.74, 6) is 0.0200. The zero-order valence-electron chi connectivity index (χ0n) is 4.83. The normalized spacial score (nSPS) is 12.8. The summed E-state index contributed by atoms with van der Waals surface area (Å²) in [5, 5.41) is 8.37. The van der Waals surface area contributed by atoms with Crippen LogP contribution in [0, 0.1) is 0 Å². The number of nitrogens with two attached hydrogens (primary N) is 2. The summed E-state index contributed by atoms with van der Waals surface area (Å²) in [6, 6.07) is -0.181. The highest BCUT2D eigenvalue weighted by molar-refractivity contribution is 5.75. The molecule has 0 saturated heterocycles. The van der Waals surface area contributed by atoms with Crippen LogP contribution >= 0.6 is 0 Å². The summed E-state index contributed by atoms with van der Waals surface area (Å²) in [6.07, 6.45) is 0. The Labute approximate surface area is 48.2 Å². The van der Waals surface area contributed by atoms with Gasteiger partial charge < -0.3 is 16.6 Å². The molecular weight excluding hydrogens is 106 g/mol. The van der Waals surface area contributed by atoms with Crippen molar-refractivity contribution in [2.75, 3.05) is 6.61 Å². The Morgan fingerprint density at radius 2 is 2.25 bits per heavy atom. The van der Waals surface area contributed by atoms with E-state index in [-0.39, 0.29) is 18.6 Å². The first-order valence-electron chi connectivity index (χ1n) is 2.36. The van der Waals surface area contributed by atoms with Gasteiger partial charge in [0.2, 0.25) is 0 Å². The van der Waals surface area contributed by atoms with E-state index in [9.17, 15) is 0 Å². The van der Waals surface area contributed by atoms with E-state index in [1.54, 1.807) is 6.92 Å². The molecule has 0 fully saturated rings. The molecule has 0 aliphatic rings. The van der Waals surface area contributed by atoms with Crippen LogP contribution in [0.25, 0.3) is 0 Å². The minimum atomic E-state index is -0.181. The smallest absolute Gasteiger partial charge is 0.186 e. The molecule has 0 heterocycles. The van der Waals surface area contributed by atoms with Crippen molar-refractivity contribution in [3.63, 3.8) is 0 Å². The van der Waals surface area contributed by atoms with Crippen LogP contribution in [-0.2, 0) is 0 Å². The SMILES string of the molecule is C[C@H](CO)N=C(N)N. The van der Waals surface area contributed by atoms with E-state index in [0.717, 1.165) is 0 Å². The van der Waals surface area contributed by atoms with Crippen molar-refractivity contribution in [3.8, 4) is 0 Å². The molecular formula is C4H11N3O. The van der Waals surface area contributed by atoms with E-state index in [4.69, 9.17) is 16.6 Å². The van der Waals surface area contributed by atoms with Gasteiger partial charge in [-0.3, -0.25) is 0 Å². The molecule has 4 heteroatoms. The zero-order valence-corrected chi connectivity index (χ0v) is 4.83. The molecule has 0 radical (unpaired) electrons. The number of hydrogen-bond acceptors (Lipinski definition) is 2. The third kappa shape index (κ3) is 3.42. The Morgan fingerprint density at radius 1 is 1.75 bits per heavy atom. The first-order chi connectivity index (χ1) is 3.66. The number of aliphatic hydroxyl groups excluding tert-OH is 1. The van der Waals surface area contributed by atoms with Gasteiger partial charge in [-0.2, -0.15) is 0 Å². The molecule has 0 aliphatic heterocycles. The first kappa shape index (κ1) is 7.23. The number of aliphatic hydroxyl groups is 1. The summed E-state index contributed by atoms with van der Waals surface area (Å²) in [7, 11) is 0. The maximum Gasteiger partial charge on any atom is 0.186 e. The number of nitrogens with zero attached hydrogens (tertiary/aromatic N) is 1. The number of rotatable bonds is 2. The second kappa shape index (κ2) is 3.26. The number of guanidine groups is 1. The highest BCUT2D eigenvalue weighted by Gasteiger charge is 1.92. The van der Waals surface area contributed by atoms with Gasteiger partial charge in [-0.25, -0.2) is 4.99 Å². The van der Waals surface area contributed by atoms with Crippen molar-refractivity contribution in [1.82, 2.24) is 0 Å². The summed E-state index contributed by atoms with van der Waals surface area (Å²) in [5.41, 5.74) is 9.97. The Balaban J connectivity index is 3.51. The third-order valence-electron chi connectivity index (χ3n) is 0.634. The van der Waals surface area contributed by atoms with Crippen LogP contribution in [-0.4, -0.2) is 23.7 Å². The maximum absolute atomic E-state index is 8.37. The fourth-order valence-electron chi connectivity index (χ4n) is 0.295. The molecule has 8 heavy (non-hydrogen) atoms. The van der Waals surface area contributed by atoms with Gasteiger partial charge >= 0.3 is 0 Å². The molecule has 0 saturated carbocycles. The van der Waals surface area contributed by atoms with Crippen LogP contribution in [0.2, 0.25) is 0 Å². The molecule has 0 unspecified atom stereocenters. The fraction of sp³-hybridized carbons (Fsp3) is 0.750. The van der Waals surface area contributed by atoms with Crippen LogP contribution in [0.1, 0.15) is 6.92 Å². The molecule has 0 aromatic heterocycles. The molecule has 0 aromatic carbocycles. The number of aliphatic imine (C=N–C) groups is 1. The second-order valence-corrected chi connectivity index (χ2v) is 1.59. The minimum absolute atomic E-state index is 0.0160. The minimum Gasteiger partial charge on any atom is -0.394 e. The van der Waals surface area contributed by atoms with E-state index in [2.05, 4.69) is 4.99 Å². The average molecular weight is 117 g/mol. The van der Waals surface area contributed by atoms with Gasteiger partial charge in [0.05, 0.1) is 12.6 Å². The Morgan fingerprint density at radius 3 is 2.38 bits per heavy atom. The quantitative estimate of drug-likeness (QED) is 0.308. The maximum atomic E-state index is 8.37. The van der Waals surface area contributed by atoms with Crippen molar-refractivity contribution in [1.29, 1.82) is 0 Å². The fourth-order valence-corrected chi connectivity index (χ4v) is 0.295. The van der Waals surface area contributed by atoms with Crippen molar-refractivity contribution in [2.45, 2.75) is 13.0 Å². The van der Waals surface area contributed by atoms with E-state index in [1.807, 2.05) is 0 Å². The zero-order chi connectivity index (χ0) is 6.57. The van der Waals surface area contributed by atoms with Gasteiger partial charge in [0.25, 0.3) is 0 Å². The van der Waals surface area contributed by atoms with Crippen LogP contribution in [0.15, 0.2) is 4.99 Å². The van der Waals surface area contributed by atoms with Crippen molar-refractivity contribution < 1.29 is 5.11 Å². The molecule has 0 rings (SSSR count). The predicted octanol–water partition coefficient (Wildman–Crippen LogP) is -1.36. The second-order valence-electron chi connectivity index (χ2n) is 1.59. The molecule has 0 aromatic rings.